The molecule has 82 valence electrons. The van der Waals surface area contributed by atoms with Crippen molar-refractivity contribution >= 4 is 18.0 Å². The second kappa shape index (κ2) is 4.53. The van der Waals surface area contributed by atoms with Gasteiger partial charge in [0.2, 0.25) is 0 Å². The van der Waals surface area contributed by atoms with Crippen LogP contribution in [0.1, 0.15) is 15.9 Å². The van der Waals surface area contributed by atoms with Crippen molar-refractivity contribution in [2.24, 2.45) is 7.05 Å². The molecule has 0 bridgehead atoms. The molecule has 4 heteroatoms. The van der Waals surface area contributed by atoms with E-state index in [9.17, 15) is 4.79 Å². The van der Waals surface area contributed by atoms with Crippen molar-refractivity contribution in [3.05, 3.63) is 41.7 Å². The Kier molecular flexibility index (Phi) is 3.10. The van der Waals surface area contributed by atoms with Gasteiger partial charge in [-0.1, -0.05) is 17.8 Å². The first-order valence-corrected chi connectivity index (χ1v) is 5.73. The number of aryl methyl sites for hydroxylation is 2. The van der Waals surface area contributed by atoms with Crippen LogP contribution in [0.3, 0.4) is 0 Å². The molecule has 1 heterocycles. The molecule has 0 atom stereocenters. The highest BCUT2D eigenvalue weighted by Gasteiger charge is 2.03. The highest BCUT2D eigenvalue weighted by atomic mass is 32.2. The molecule has 0 unspecified atom stereocenters. The van der Waals surface area contributed by atoms with E-state index in [0.29, 0.717) is 5.56 Å². The zero-order chi connectivity index (χ0) is 11.5. The van der Waals surface area contributed by atoms with Gasteiger partial charge in [-0.25, -0.2) is 0 Å². The molecule has 0 fully saturated rings. The number of rotatable bonds is 3. The predicted molar refractivity (Wildman–Crippen MR) is 63.9 cm³/mol. The second-order valence-electron chi connectivity index (χ2n) is 3.59. The lowest BCUT2D eigenvalue weighted by Crippen LogP contribution is -1.85. The molecular weight excluding hydrogens is 220 g/mol. The van der Waals surface area contributed by atoms with Gasteiger partial charge < -0.3 is 0 Å². The van der Waals surface area contributed by atoms with Crippen molar-refractivity contribution in [1.82, 2.24) is 9.78 Å². The number of carbonyl (C=O) groups excluding carboxylic acids is 1. The average molecular weight is 232 g/mol. The van der Waals surface area contributed by atoms with Crippen LogP contribution in [-0.2, 0) is 7.05 Å². The number of hydrogen-bond donors (Lipinski definition) is 0. The Bertz CT molecular complexity index is 519. The number of aromatic nitrogens is 2. The van der Waals surface area contributed by atoms with Gasteiger partial charge in [-0.3, -0.25) is 9.48 Å². The number of benzene rings is 1. The molecule has 0 saturated carbocycles. The van der Waals surface area contributed by atoms with E-state index in [0.717, 1.165) is 21.6 Å². The first-order chi connectivity index (χ1) is 7.69. The molecule has 3 nitrogen and oxygen atoms in total. The van der Waals surface area contributed by atoms with Crippen molar-refractivity contribution in [1.29, 1.82) is 0 Å². The largest absolute Gasteiger partial charge is 0.298 e. The van der Waals surface area contributed by atoms with Crippen LogP contribution in [0.5, 0.6) is 0 Å². The smallest absolute Gasteiger partial charge is 0.150 e. The Labute approximate surface area is 98.5 Å². The molecule has 0 spiro atoms. The summed E-state index contributed by atoms with van der Waals surface area (Å²) in [6.45, 7) is 2.01. The van der Waals surface area contributed by atoms with Crippen molar-refractivity contribution in [2.45, 2.75) is 16.7 Å². The molecule has 0 radical (unpaired) electrons. The van der Waals surface area contributed by atoms with Gasteiger partial charge >= 0.3 is 0 Å². The molecular formula is C12H12N2OS. The first kappa shape index (κ1) is 11.0. The van der Waals surface area contributed by atoms with E-state index in [1.165, 1.54) is 0 Å². The lowest BCUT2D eigenvalue weighted by Gasteiger charge is -2.03. The summed E-state index contributed by atoms with van der Waals surface area (Å²) in [6.07, 6.45) is 4.67. The molecule has 2 rings (SSSR count). The van der Waals surface area contributed by atoms with Crippen LogP contribution in [0.4, 0.5) is 0 Å². The summed E-state index contributed by atoms with van der Waals surface area (Å²) < 4.78 is 1.78. The van der Waals surface area contributed by atoms with Gasteiger partial charge in [0.25, 0.3) is 0 Å². The molecule has 0 amide bonds. The summed E-state index contributed by atoms with van der Waals surface area (Å²) in [4.78, 5) is 12.9. The van der Waals surface area contributed by atoms with Crippen molar-refractivity contribution in [3.8, 4) is 0 Å². The Morgan fingerprint density at radius 1 is 1.44 bits per heavy atom. The molecule has 16 heavy (non-hydrogen) atoms. The minimum atomic E-state index is 0.716. The lowest BCUT2D eigenvalue weighted by molar-refractivity contribution is 0.112. The van der Waals surface area contributed by atoms with E-state index in [2.05, 4.69) is 5.10 Å². The lowest BCUT2D eigenvalue weighted by atomic mass is 10.2. The van der Waals surface area contributed by atoms with Crippen LogP contribution in [0, 0.1) is 6.92 Å². The summed E-state index contributed by atoms with van der Waals surface area (Å²) >= 11 is 1.65. The third-order valence-electron chi connectivity index (χ3n) is 2.24. The van der Waals surface area contributed by atoms with Crippen LogP contribution in [0.15, 0.2) is 40.4 Å². The minimum absolute atomic E-state index is 0.716. The maximum Gasteiger partial charge on any atom is 0.150 e. The Balaban J connectivity index is 2.25. The van der Waals surface area contributed by atoms with Crippen molar-refractivity contribution in [3.63, 3.8) is 0 Å². The fourth-order valence-corrected chi connectivity index (χ4v) is 2.35. The highest BCUT2D eigenvalue weighted by Crippen LogP contribution is 2.29. The third-order valence-corrected chi connectivity index (χ3v) is 3.37. The number of nitrogens with zero attached hydrogens (tertiary/aromatic N) is 2. The quantitative estimate of drug-likeness (QED) is 0.763. The normalized spacial score (nSPS) is 10.4. The van der Waals surface area contributed by atoms with Gasteiger partial charge in [0.1, 0.15) is 6.29 Å². The monoisotopic (exact) mass is 232 g/mol. The summed E-state index contributed by atoms with van der Waals surface area (Å²) in [5, 5.41) is 4.12. The second-order valence-corrected chi connectivity index (χ2v) is 4.71. The van der Waals surface area contributed by atoms with Crippen molar-refractivity contribution in [2.75, 3.05) is 0 Å². The van der Waals surface area contributed by atoms with E-state index in [1.807, 2.05) is 44.6 Å². The number of carbonyl (C=O) groups is 1. The summed E-state index contributed by atoms with van der Waals surface area (Å²) in [5.74, 6) is 0. The molecule has 0 aliphatic carbocycles. The van der Waals surface area contributed by atoms with E-state index in [-0.39, 0.29) is 0 Å². The van der Waals surface area contributed by atoms with Gasteiger partial charge in [-0.05, 0) is 24.6 Å². The number of hydrogen-bond acceptors (Lipinski definition) is 3. The topological polar surface area (TPSA) is 34.9 Å². The van der Waals surface area contributed by atoms with Crippen LogP contribution in [0.2, 0.25) is 0 Å². The van der Waals surface area contributed by atoms with E-state index >= 15 is 0 Å². The maximum atomic E-state index is 10.6. The standard InChI is InChI=1S/C12H12N2OS/c1-9-5-10(8-15)3-4-12(9)16-11-6-13-14(2)7-11/h3-8H,1-2H3. The van der Waals surface area contributed by atoms with E-state index < -0.39 is 0 Å². The molecule has 0 aliphatic rings. The van der Waals surface area contributed by atoms with E-state index in [1.54, 1.807) is 16.4 Å². The van der Waals surface area contributed by atoms with Crippen LogP contribution < -0.4 is 0 Å². The predicted octanol–water partition coefficient (Wildman–Crippen LogP) is 2.69. The SMILES string of the molecule is Cc1cc(C=O)ccc1Sc1cnn(C)c1. The van der Waals surface area contributed by atoms with Gasteiger partial charge in [-0.2, -0.15) is 5.10 Å². The van der Waals surface area contributed by atoms with Crippen LogP contribution in [-0.4, -0.2) is 16.1 Å². The van der Waals surface area contributed by atoms with Gasteiger partial charge in [-0.15, -0.1) is 0 Å². The minimum Gasteiger partial charge on any atom is -0.298 e. The van der Waals surface area contributed by atoms with Crippen LogP contribution in [0.25, 0.3) is 0 Å². The highest BCUT2D eigenvalue weighted by molar-refractivity contribution is 7.99. The molecule has 0 N–H and O–H groups in total. The van der Waals surface area contributed by atoms with Gasteiger partial charge in [0.15, 0.2) is 0 Å². The average Bonchev–Trinajstić information content (AvgIpc) is 2.67. The van der Waals surface area contributed by atoms with Gasteiger partial charge in [0.05, 0.1) is 11.1 Å². The summed E-state index contributed by atoms with van der Waals surface area (Å²) in [5.41, 5.74) is 1.83. The Morgan fingerprint density at radius 2 is 2.25 bits per heavy atom. The maximum absolute atomic E-state index is 10.6. The molecule has 1 aromatic carbocycles. The summed E-state index contributed by atoms with van der Waals surface area (Å²) in [7, 11) is 1.90. The van der Waals surface area contributed by atoms with Crippen LogP contribution >= 0.6 is 11.8 Å². The van der Waals surface area contributed by atoms with Crippen molar-refractivity contribution < 1.29 is 4.79 Å². The Hall–Kier alpha value is -1.55. The zero-order valence-corrected chi connectivity index (χ0v) is 9.99. The fourth-order valence-electron chi connectivity index (χ4n) is 1.44. The first-order valence-electron chi connectivity index (χ1n) is 4.91. The zero-order valence-electron chi connectivity index (χ0n) is 9.18. The fraction of sp³-hybridized carbons (Fsp3) is 0.167. The number of aldehydes is 1. The molecule has 0 aliphatic heterocycles. The Morgan fingerprint density at radius 3 is 2.81 bits per heavy atom. The molecule has 2 aromatic rings. The third kappa shape index (κ3) is 2.33. The molecule has 1 aromatic heterocycles. The van der Waals surface area contributed by atoms with E-state index in [4.69, 9.17) is 0 Å². The summed E-state index contributed by atoms with van der Waals surface area (Å²) in [6, 6.07) is 5.70. The molecule has 0 saturated heterocycles. The van der Waals surface area contributed by atoms with Gasteiger partial charge in [0, 0.05) is 23.7 Å².